The van der Waals surface area contributed by atoms with Crippen molar-refractivity contribution in [2.24, 2.45) is 0 Å². The number of carboxylic acid groups (broad SMARTS) is 4. The van der Waals surface area contributed by atoms with Crippen LogP contribution in [0.4, 0.5) is 0 Å². The number of rotatable bonds is 12. The fourth-order valence-corrected chi connectivity index (χ4v) is 8.68. The van der Waals surface area contributed by atoms with Gasteiger partial charge in [-0.15, -0.1) is 0 Å². The lowest BCUT2D eigenvalue weighted by Crippen LogP contribution is -2.12. The molecule has 5 rings (SSSR count). The number of fused-ring (bicyclic) bond motifs is 8. The highest BCUT2D eigenvalue weighted by Crippen LogP contribution is 2.53. The van der Waals surface area contributed by atoms with E-state index in [-0.39, 0.29) is 34.3 Å². The average Bonchev–Trinajstić information content (AvgIpc) is 3.06. The molecule has 8 bridgehead atoms. The van der Waals surface area contributed by atoms with Gasteiger partial charge in [0.05, 0.1) is 39.2 Å². The Hall–Kier alpha value is -5.01. The molecule has 0 aliphatic carbocycles. The highest BCUT2D eigenvalue weighted by Gasteiger charge is 2.24. The number of Topliss-reactive ketones (excluding diaryl/α,β-unsaturated/α-hetero) is 1. The predicted molar refractivity (Wildman–Crippen MR) is 195 cm³/mol. The van der Waals surface area contributed by atoms with Crippen LogP contribution in [-0.4, -0.2) is 82.0 Å². The summed E-state index contributed by atoms with van der Waals surface area (Å²) in [5.41, 5.74) is 0. The van der Waals surface area contributed by atoms with Gasteiger partial charge in [0, 0.05) is 0 Å². The zero-order valence-corrected chi connectivity index (χ0v) is 31.1. The Morgan fingerprint density at radius 2 is 0.566 bits per heavy atom. The van der Waals surface area contributed by atoms with Gasteiger partial charge in [0.25, 0.3) is 0 Å². The zero-order chi connectivity index (χ0) is 37.8. The Morgan fingerprint density at radius 1 is 0.415 bits per heavy atom. The monoisotopic (exact) mass is 804 g/mol. The average molecular weight is 805 g/mol. The summed E-state index contributed by atoms with van der Waals surface area (Å²) in [6, 6.07) is 20.7. The van der Waals surface area contributed by atoms with Crippen LogP contribution in [0.2, 0.25) is 0 Å². The van der Waals surface area contributed by atoms with Crippen molar-refractivity contribution in [1.29, 1.82) is 0 Å². The number of hydrogen-bond acceptors (Lipinski definition) is 13. The van der Waals surface area contributed by atoms with Crippen LogP contribution in [-0.2, 0) is 24.0 Å². The van der Waals surface area contributed by atoms with Crippen LogP contribution in [0, 0.1) is 0 Å². The number of ether oxygens (including phenoxy) is 4. The van der Waals surface area contributed by atoms with Gasteiger partial charge in [-0.1, -0.05) is 71.3 Å². The fourth-order valence-electron chi connectivity index (χ4n) is 4.20. The standard InChI is InChI=1S/C32H24O12S4.C3H6O.H2O/c33-25(34)13-41-29-17-5-1-6-18(29)46-20-8-3-10-22(31(20)43-15-27(37)38)48-24-12-4-11-23(32(24)44-16-28(39)40)47-21-9-2-7-19(45-17)30(21)42-14-26(35)36;1-3(2)4;/h1-12H,13-16H2,(H,33,34)(H,35,36)(H,37,38)(H,39,40);1-2H3;1H2. The minimum absolute atomic E-state index is 0. The van der Waals surface area contributed by atoms with Crippen molar-refractivity contribution in [3.05, 3.63) is 72.8 Å². The Labute approximate surface area is 319 Å². The number of carbonyl (C=O) groups excluding carboxylic acids is 1. The molecular weight excluding hydrogens is 773 g/mol. The normalized spacial score (nSPS) is 11.4. The summed E-state index contributed by atoms with van der Waals surface area (Å²) in [5.74, 6) is -3.76. The van der Waals surface area contributed by atoms with Crippen LogP contribution in [0.25, 0.3) is 0 Å². The second-order valence-electron chi connectivity index (χ2n) is 10.4. The van der Waals surface area contributed by atoms with E-state index in [0.29, 0.717) is 39.2 Å². The van der Waals surface area contributed by atoms with Crippen molar-refractivity contribution in [2.75, 3.05) is 26.4 Å². The van der Waals surface area contributed by atoms with E-state index < -0.39 is 50.3 Å². The lowest BCUT2D eigenvalue weighted by Gasteiger charge is -2.20. The van der Waals surface area contributed by atoms with Crippen LogP contribution in [0.3, 0.4) is 0 Å². The Morgan fingerprint density at radius 3 is 0.698 bits per heavy atom. The van der Waals surface area contributed by atoms with E-state index >= 15 is 0 Å². The number of carboxylic acids is 4. The number of benzene rings is 4. The molecule has 0 amide bonds. The molecule has 0 saturated carbocycles. The van der Waals surface area contributed by atoms with Gasteiger partial charge >= 0.3 is 23.9 Å². The molecule has 18 heteroatoms. The molecule has 0 fully saturated rings. The molecule has 0 radical (unpaired) electrons. The molecule has 0 saturated heterocycles. The van der Waals surface area contributed by atoms with Crippen LogP contribution < -0.4 is 18.9 Å². The summed E-state index contributed by atoms with van der Waals surface area (Å²) in [4.78, 5) is 59.7. The maximum Gasteiger partial charge on any atom is 0.341 e. The second-order valence-corrected chi connectivity index (χ2v) is 14.7. The first-order chi connectivity index (χ1) is 24.8. The van der Waals surface area contributed by atoms with E-state index in [1.54, 1.807) is 72.8 Å². The van der Waals surface area contributed by atoms with E-state index in [1.165, 1.54) is 13.8 Å². The summed E-state index contributed by atoms with van der Waals surface area (Å²) in [6.07, 6.45) is 0. The van der Waals surface area contributed by atoms with Crippen molar-refractivity contribution in [2.45, 2.75) is 53.0 Å². The highest BCUT2D eigenvalue weighted by atomic mass is 32.2. The number of ketones is 1. The summed E-state index contributed by atoms with van der Waals surface area (Å²) in [6.45, 7) is 0.426. The van der Waals surface area contributed by atoms with E-state index in [4.69, 9.17) is 18.9 Å². The van der Waals surface area contributed by atoms with E-state index in [2.05, 4.69) is 0 Å². The largest absolute Gasteiger partial charge is 0.480 e. The molecule has 0 aromatic heterocycles. The molecule has 1 heterocycles. The van der Waals surface area contributed by atoms with Gasteiger partial charge in [-0.2, -0.15) is 0 Å². The third-order valence-corrected chi connectivity index (χ3v) is 10.3. The SMILES string of the molecule is CC(C)=O.O.O=C(O)COc1c2cccc1Sc1cccc(c1OCC(=O)O)Sc1cccc(c1OCC(=O)O)Sc1cccc(c1OCC(=O)O)S2. The first kappa shape index (κ1) is 42.4. The third-order valence-electron chi connectivity index (χ3n) is 6.01. The van der Waals surface area contributed by atoms with Crippen molar-refractivity contribution in [3.8, 4) is 23.0 Å². The summed E-state index contributed by atoms with van der Waals surface area (Å²) in [7, 11) is 0. The Kier molecular flexibility index (Phi) is 16.2. The minimum atomic E-state index is -1.21. The Bertz CT molecular complexity index is 1630. The molecule has 6 N–H and O–H groups in total. The molecule has 1 aliphatic rings. The first-order valence-corrected chi connectivity index (χ1v) is 18.2. The molecule has 53 heavy (non-hydrogen) atoms. The number of hydrogen-bond donors (Lipinski definition) is 4. The van der Waals surface area contributed by atoms with Gasteiger partial charge in [-0.25, -0.2) is 19.2 Å². The third kappa shape index (κ3) is 12.6. The quantitative estimate of drug-likeness (QED) is 0.109. The zero-order valence-electron chi connectivity index (χ0n) is 27.9. The van der Waals surface area contributed by atoms with Crippen LogP contribution in [0.1, 0.15) is 13.8 Å². The fraction of sp³-hybridized carbons (Fsp3) is 0.171. The maximum absolute atomic E-state index is 11.6. The number of para-hydroxylation sites is 4. The van der Waals surface area contributed by atoms with Gasteiger partial charge in [-0.3, -0.25) is 0 Å². The van der Waals surface area contributed by atoms with Gasteiger partial charge in [0.1, 0.15) is 28.8 Å². The molecule has 280 valence electrons. The molecule has 0 unspecified atom stereocenters. The Balaban J connectivity index is 0.00000144. The molecular formula is C35H32O14S4. The van der Waals surface area contributed by atoms with Crippen LogP contribution in [0.15, 0.2) is 112 Å². The van der Waals surface area contributed by atoms with Gasteiger partial charge in [-0.05, 0) is 62.4 Å². The van der Waals surface area contributed by atoms with Gasteiger partial charge in [0.15, 0.2) is 26.4 Å². The molecule has 14 nitrogen and oxygen atoms in total. The topological polar surface area (TPSA) is 235 Å². The number of aliphatic carboxylic acids is 4. The van der Waals surface area contributed by atoms with Crippen LogP contribution >= 0.6 is 47.0 Å². The number of carbonyl (C=O) groups is 5. The second kappa shape index (κ2) is 20.3. The first-order valence-electron chi connectivity index (χ1n) is 14.9. The van der Waals surface area contributed by atoms with Gasteiger partial charge in [0.2, 0.25) is 0 Å². The minimum Gasteiger partial charge on any atom is -0.480 e. The van der Waals surface area contributed by atoms with Crippen molar-refractivity contribution in [3.63, 3.8) is 0 Å². The summed E-state index contributed by atoms with van der Waals surface area (Å²) in [5, 5.41) is 37.8. The molecule has 0 atom stereocenters. The van der Waals surface area contributed by atoms with Crippen molar-refractivity contribution >= 4 is 76.7 Å². The summed E-state index contributed by atoms with van der Waals surface area (Å²) >= 11 is 4.64. The molecule has 0 spiro atoms. The van der Waals surface area contributed by atoms with E-state index in [9.17, 15) is 44.4 Å². The smallest absolute Gasteiger partial charge is 0.341 e. The van der Waals surface area contributed by atoms with E-state index in [0.717, 1.165) is 47.0 Å². The lowest BCUT2D eigenvalue weighted by atomic mass is 10.3. The molecule has 4 aromatic rings. The van der Waals surface area contributed by atoms with E-state index in [1.807, 2.05) is 0 Å². The highest BCUT2D eigenvalue weighted by molar-refractivity contribution is 8.01. The summed E-state index contributed by atoms with van der Waals surface area (Å²) < 4.78 is 23.2. The predicted octanol–water partition coefficient (Wildman–Crippen LogP) is 6.23. The van der Waals surface area contributed by atoms with Crippen molar-refractivity contribution < 1.29 is 68.8 Å². The van der Waals surface area contributed by atoms with Gasteiger partial charge < -0.3 is 49.6 Å². The lowest BCUT2D eigenvalue weighted by molar-refractivity contribution is -0.140. The maximum atomic E-state index is 11.6. The molecule has 1 aliphatic heterocycles. The van der Waals surface area contributed by atoms with Crippen LogP contribution in [0.5, 0.6) is 23.0 Å². The molecule has 4 aromatic carbocycles. The van der Waals surface area contributed by atoms with Crippen molar-refractivity contribution in [1.82, 2.24) is 0 Å².